The van der Waals surface area contributed by atoms with Gasteiger partial charge in [0.25, 0.3) is 5.91 Å². The van der Waals surface area contributed by atoms with Gasteiger partial charge in [0, 0.05) is 11.2 Å². The van der Waals surface area contributed by atoms with E-state index in [4.69, 9.17) is 23.2 Å². The van der Waals surface area contributed by atoms with Gasteiger partial charge in [-0.25, -0.2) is 5.43 Å². The first-order valence-electron chi connectivity index (χ1n) is 6.47. The van der Waals surface area contributed by atoms with Crippen LogP contribution in [0.2, 0.25) is 10.0 Å². The molecular formula is C16H14Cl2N2O. The van der Waals surface area contributed by atoms with Crippen molar-refractivity contribution in [1.29, 1.82) is 0 Å². The van der Waals surface area contributed by atoms with E-state index >= 15 is 0 Å². The van der Waals surface area contributed by atoms with E-state index < -0.39 is 0 Å². The summed E-state index contributed by atoms with van der Waals surface area (Å²) >= 11 is 11.7. The summed E-state index contributed by atoms with van der Waals surface area (Å²) in [5.41, 5.74) is 4.03. The van der Waals surface area contributed by atoms with Crippen LogP contribution in [0.4, 0.5) is 0 Å². The topological polar surface area (TPSA) is 41.5 Å². The number of hydrogen-bond acceptors (Lipinski definition) is 2. The second-order valence-corrected chi connectivity index (χ2v) is 5.24. The molecule has 0 radical (unpaired) electrons. The Morgan fingerprint density at radius 2 is 1.90 bits per heavy atom. The number of carbonyl (C=O) groups excluding carboxylic acids is 1. The Kier molecular flexibility index (Phi) is 5.78. The van der Waals surface area contributed by atoms with E-state index in [9.17, 15) is 4.79 Å². The summed E-state index contributed by atoms with van der Waals surface area (Å²) in [5, 5.41) is 4.70. The first kappa shape index (κ1) is 15.5. The monoisotopic (exact) mass is 320 g/mol. The van der Waals surface area contributed by atoms with Gasteiger partial charge in [0.2, 0.25) is 0 Å². The lowest BCUT2D eigenvalue weighted by Crippen LogP contribution is -2.17. The molecule has 0 spiro atoms. The van der Waals surface area contributed by atoms with Crippen LogP contribution >= 0.6 is 23.2 Å². The zero-order chi connectivity index (χ0) is 15.1. The van der Waals surface area contributed by atoms with Crippen LogP contribution in [0.15, 0.2) is 53.6 Å². The minimum absolute atomic E-state index is 0.305. The van der Waals surface area contributed by atoms with Gasteiger partial charge in [0.15, 0.2) is 0 Å². The Hall–Kier alpha value is -1.84. The highest BCUT2D eigenvalue weighted by molar-refractivity contribution is 6.36. The molecule has 0 aliphatic heterocycles. The first-order valence-corrected chi connectivity index (χ1v) is 7.23. The molecule has 0 heterocycles. The van der Waals surface area contributed by atoms with Crippen molar-refractivity contribution in [3.63, 3.8) is 0 Å². The Bertz CT molecular complexity index is 642. The van der Waals surface area contributed by atoms with Crippen molar-refractivity contribution in [2.24, 2.45) is 5.10 Å². The standard InChI is InChI=1S/C16H14Cl2N2O/c17-13-8-9-14(15(18)11-13)16(21)20-19-10-4-7-12-5-2-1-3-6-12/h1-3,5-6,8-11H,4,7H2,(H,20,21)/b19-10-. The van der Waals surface area contributed by atoms with Crippen molar-refractivity contribution in [3.8, 4) is 0 Å². The fraction of sp³-hybridized carbons (Fsp3) is 0.125. The van der Waals surface area contributed by atoms with Crippen molar-refractivity contribution in [1.82, 2.24) is 5.43 Å². The lowest BCUT2D eigenvalue weighted by atomic mass is 10.1. The van der Waals surface area contributed by atoms with Gasteiger partial charge in [0.05, 0.1) is 10.6 Å². The third kappa shape index (κ3) is 4.88. The van der Waals surface area contributed by atoms with E-state index in [0.29, 0.717) is 15.6 Å². The normalized spacial score (nSPS) is 10.8. The fourth-order valence-corrected chi connectivity index (χ4v) is 2.27. The highest BCUT2D eigenvalue weighted by Crippen LogP contribution is 2.20. The van der Waals surface area contributed by atoms with Crippen molar-refractivity contribution in [2.45, 2.75) is 12.8 Å². The smallest absolute Gasteiger partial charge is 0.267 e. The Morgan fingerprint density at radius 3 is 2.62 bits per heavy atom. The number of halogens is 2. The fourth-order valence-electron chi connectivity index (χ4n) is 1.78. The van der Waals surface area contributed by atoms with Gasteiger partial charge in [0.1, 0.15) is 0 Å². The maximum Gasteiger partial charge on any atom is 0.272 e. The minimum Gasteiger partial charge on any atom is -0.267 e. The molecule has 0 atom stereocenters. The number of amides is 1. The molecule has 0 saturated heterocycles. The third-order valence-corrected chi connectivity index (χ3v) is 3.39. The van der Waals surface area contributed by atoms with Gasteiger partial charge in [-0.3, -0.25) is 4.79 Å². The average molecular weight is 321 g/mol. The molecule has 3 nitrogen and oxygen atoms in total. The van der Waals surface area contributed by atoms with Gasteiger partial charge in [-0.1, -0.05) is 53.5 Å². The van der Waals surface area contributed by atoms with E-state index in [1.165, 1.54) is 11.6 Å². The van der Waals surface area contributed by atoms with E-state index in [1.54, 1.807) is 18.3 Å². The molecule has 21 heavy (non-hydrogen) atoms. The van der Waals surface area contributed by atoms with Crippen LogP contribution in [0.1, 0.15) is 22.3 Å². The molecule has 5 heteroatoms. The molecule has 2 aromatic rings. The summed E-state index contributed by atoms with van der Waals surface area (Å²) in [5.74, 6) is -0.354. The van der Waals surface area contributed by atoms with Crippen molar-refractivity contribution in [2.75, 3.05) is 0 Å². The molecule has 0 aliphatic carbocycles. The third-order valence-electron chi connectivity index (χ3n) is 2.84. The Balaban J connectivity index is 1.82. The van der Waals surface area contributed by atoms with Crippen LogP contribution in [-0.2, 0) is 6.42 Å². The van der Waals surface area contributed by atoms with Crippen molar-refractivity contribution >= 4 is 35.3 Å². The van der Waals surface area contributed by atoms with Gasteiger partial charge in [-0.2, -0.15) is 5.10 Å². The SMILES string of the molecule is O=C(N/N=C\CCc1ccccc1)c1ccc(Cl)cc1Cl. The quantitative estimate of drug-likeness (QED) is 0.646. The van der Waals surface area contributed by atoms with Crippen molar-refractivity contribution in [3.05, 3.63) is 69.7 Å². The summed E-state index contributed by atoms with van der Waals surface area (Å²) in [6.45, 7) is 0. The summed E-state index contributed by atoms with van der Waals surface area (Å²) < 4.78 is 0. The summed E-state index contributed by atoms with van der Waals surface area (Å²) in [4.78, 5) is 11.9. The number of carbonyl (C=O) groups is 1. The Labute approximate surface area is 133 Å². The van der Waals surface area contributed by atoms with Crippen LogP contribution in [-0.4, -0.2) is 12.1 Å². The lowest BCUT2D eigenvalue weighted by Gasteiger charge is -2.02. The molecule has 108 valence electrons. The molecule has 0 aliphatic rings. The van der Waals surface area contributed by atoms with E-state index in [0.717, 1.165) is 12.8 Å². The van der Waals surface area contributed by atoms with Crippen LogP contribution in [0, 0.1) is 0 Å². The molecule has 0 bridgehead atoms. The van der Waals surface area contributed by atoms with Crippen molar-refractivity contribution < 1.29 is 4.79 Å². The highest BCUT2D eigenvalue weighted by Gasteiger charge is 2.09. The zero-order valence-electron chi connectivity index (χ0n) is 11.2. The molecule has 0 unspecified atom stereocenters. The van der Waals surface area contributed by atoms with Gasteiger partial charge in [-0.05, 0) is 36.6 Å². The van der Waals surface area contributed by atoms with Crippen LogP contribution in [0.5, 0.6) is 0 Å². The van der Waals surface area contributed by atoms with Crippen LogP contribution < -0.4 is 5.43 Å². The molecule has 1 amide bonds. The van der Waals surface area contributed by atoms with E-state index in [-0.39, 0.29) is 5.91 Å². The van der Waals surface area contributed by atoms with Gasteiger partial charge in [-0.15, -0.1) is 0 Å². The molecule has 1 N–H and O–H groups in total. The van der Waals surface area contributed by atoms with Crippen LogP contribution in [0.3, 0.4) is 0 Å². The van der Waals surface area contributed by atoms with Gasteiger partial charge < -0.3 is 0 Å². The highest BCUT2D eigenvalue weighted by atomic mass is 35.5. The minimum atomic E-state index is -0.354. The second kappa shape index (κ2) is 7.81. The number of nitrogens with zero attached hydrogens (tertiary/aromatic N) is 1. The van der Waals surface area contributed by atoms with E-state index in [1.807, 2.05) is 18.2 Å². The zero-order valence-corrected chi connectivity index (χ0v) is 12.7. The summed E-state index contributed by atoms with van der Waals surface area (Å²) in [6, 6.07) is 14.8. The molecule has 0 aromatic heterocycles. The lowest BCUT2D eigenvalue weighted by molar-refractivity contribution is 0.0955. The maximum atomic E-state index is 11.9. The van der Waals surface area contributed by atoms with Crippen LogP contribution in [0.25, 0.3) is 0 Å². The molecule has 2 aromatic carbocycles. The number of benzene rings is 2. The number of rotatable bonds is 5. The number of nitrogens with one attached hydrogen (secondary N) is 1. The molecular weight excluding hydrogens is 307 g/mol. The number of hydrogen-bond donors (Lipinski definition) is 1. The first-order chi connectivity index (χ1) is 10.2. The molecule has 0 fully saturated rings. The predicted octanol–water partition coefficient (Wildman–Crippen LogP) is 4.34. The van der Waals surface area contributed by atoms with E-state index in [2.05, 4.69) is 22.7 Å². The molecule has 2 rings (SSSR count). The number of aryl methyl sites for hydroxylation is 1. The van der Waals surface area contributed by atoms with Gasteiger partial charge >= 0.3 is 0 Å². The summed E-state index contributed by atoms with van der Waals surface area (Å²) in [6.07, 6.45) is 3.30. The second-order valence-electron chi connectivity index (χ2n) is 4.40. The molecule has 0 saturated carbocycles. The number of hydrazone groups is 1. The Morgan fingerprint density at radius 1 is 1.14 bits per heavy atom. The average Bonchev–Trinajstić information content (AvgIpc) is 2.47. The maximum absolute atomic E-state index is 11.9. The largest absolute Gasteiger partial charge is 0.272 e. The summed E-state index contributed by atoms with van der Waals surface area (Å²) in [7, 11) is 0. The predicted molar refractivity (Wildman–Crippen MR) is 87.2 cm³/mol.